The van der Waals surface area contributed by atoms with Crippen LogP contribution in [-0.4, -0.2) is 16.3 Å². The number of pyridine rings is 1. The summed E-state index contributed by atoms with van der Waals surface area (Å²) in [5.41, 5.74) is 0.455. The van der Waals surface area contributed by atoms with E-state index in [1.165, 1.54) is 30.5 Å². The van der Waals surface area contributed by atoms with Crippen LogP contribution in [0.15, 0.2) is 42.6 Å². The maximum Gasteiger partial charge on any atom is 0.416 e. The largest absolute Gasteiger partial charge is 0.416 e. The fourth-order valence-corrected chi connectivity index (χ4v) is 2.27. The van der Waals surface area contributed by atoms with Crippen LogP contribution in [0.4, 0.5) is 26.3 Å². The lowest BCUT2D eigenvalue weighted by Gasteiger charge is -2.12. The standard InChI is InChI=1S/C17H15F6NO/c18-16(19,20)9-1-2-15(25)12-5-8-14(24-10-12)11-3-6-13(7-4-11)17(21,22)23/h3-8,10,15,25H,1-2,9H2/t15-/m1/s1. The van der Waals surface area contributed by atoms with Crippen LogP contribution in [-0.2, 0) is 6.18 Å². The van der Waals surface area contributed by atoms with Crippen LogP contribution in [0.25, 0.3) is 11.3 Å². The highest BCUT2D eigenvalue weighted by Crippen LogP contribution is 2.31. The van der Waals surface area contributed by atoms with Gasteiger partial charge in [0.25, 0.3) is 0 Å². The van der Waals surface area contributed by atoms with Crippen molar-refractivity contribution in [3.63, 3.8) is 0 Å². The van der Waals surface area contributed by atoms with Gasteiger partial charge < -0.3 is 5.11 Å². The van der Waals surface area contributed by atoms with E-state index in [2.05, 4.69) is 4.98 Å². The average molecular weight is 363 g/mol. The zero-order valence-corrected chi connectivity index (χ0v) is 12.9. The van der Waals surface area contributed by atoms with Gasteiger partial charge in [-0.05, 0) is 36.6 Å². The first-order chi connectivity index (χ1) is 11.6. The van der Waals surface area contributed by atoms with E-state index >= 15 is 0 Å². The monoisotopic (exact) mass is 363 g/mol. The first kappa shape index (κ1) is 19.2. The van der Waals surface area contributed by atoms with Gasteiger partial charge in [-0.25, -0.2) is 0 Å². The summed E-state index contributed by atoms with van der Waals surface area (Å²) < 4.78 is 73.8. The number of rotatable bonds is 5. The Morgan fingerprint density at radius 1 is 0.920 bits per heavy atom. The fraction of sp³-hybridized carbons (Fsp3) is 0.353. The molecule has 2 rings (SSSR count). The molecule has 0 saturated carbocycles. The highest BCUT2D eigenvalue weighted by molar-refractivity contribution is 5.59. The normalized spacial score (nSPS) is 13.7. The van der Waals surface area contributed by atoms with E-state index in [0.29, 0.717) is 16.8 Å². The quantitative estimate of drug-likeness (QED) is 0.708. The lowest BCUT2D eigenvalue weighted by Crippen LogP contribution is -2.08. The molecule has 0 amide bonds. The molecule has 1 heterocycles. The minimum Gasteiger partial charge on any atom is -0.388 e. The van der Waals surface area contributed by atoms with Crippen molar-refractivity contribution < 1.29 is 31.4 Å². The number of nitrogens with zero attached hydrogens (tertiary/aromatic N) is 1. The molecule has 25 heavy (non-hydrogen) atoms. The summed E-state index contributed by atoms with van der Waals surface area (Å²) in [5.74, 6) is 0. The van der Waals surface area contributed by atoms with Crippen molar-refractivity contribution in [2.45, 2.75) is 37.7 Å². The molecule has 0 fully saturated rings. The highest BCUT2D eigenvalue weighted by atomic mass is 19.4. The predicted octanol–water partition coefficient (Wildman–Crippen LogP) is 5.53. The Morgan fingerprint density at radius 3 is 2.04 bits per heavy atom. The number of aliphatic hydroxyl groups is 1. The Hall–Kier alpha value is -2.09. The van der Waals surface area contributed by atoms with Crippen molar-refractivity contribution >= 4 is 0 Å². The third kappa shape index (κ3) is 5.74. The SMILES string of the molecule is O[C@H](CCCC(F)(F)F)c1ccc(-c2ccc(C(F)(F)F)cc2)nc1. The summed E-state index contributed by atoms with van der Waals surface area (Å²) in [6.45, 7) is 0. The molecule has 0 unspecified atom stereocenters. The topological polar surface area (TPSA) is 33.1 Å². The van der Waals surface area contributed by atoms with E-state index in [-0.39, 0.29) is 12.8 Å². The van der Waals surface area contributed by atoms with Gasteiger partial charge in [0.1, 0.15) is 0 Å². The number of benzene rings is 1. The molecule has 0 radical (unpaired) electrons. The van der Waals surface area contributed by atoms with E-state index in [4.69, 9.17) is 0 Å². The molecule has 0 spiro atoms. The van der Waals surface area contributed by atoms with Crippen LogP contribution < -0.4 is 0 Å². The molecule has 1 atom stereocenters. The zero-order valence-electron chi connectivity index (χ0n) is 12.9. The molecule has 1 N–H and O–H groups in total. The lowest BCUT2D eigenvalue weighted by molar-refractivity contribution is -0.138. The molecular formula is C17H15F6NO. The summed E-state index contributed by atoms with van der Waals surface area (Å²) in [5, 5.41) is 9.87. The van der Waals surface area contributed by atoms with E-state index in [1.807, 2.05) is 0 Å². The zero-order chi connectivity index (χ0) is 18.7. The van der Waals surface area contributed by atoms with Crippen LogP contribution in [0.2, 0.25) is 0 Å². The van der Waals surface area contributed by atoms with Gasteiger partial charge in [0.2, 0.25) is 0 Å². The third-order valence-electron chi connectivity index (χ3n) is 3.62. The maximum atomic E-state index is 12.5. The van der Waals surface area contributed by atoms with Crippen molar-refractivity contribution in [1.29, 1.82) is 0 Å². The Morgan fingerprint density at radius 2 is 1.56 bits per heavy atom. The molecular weight excluding hydrogens is 348 g/mol. The number of aliphatic hydroxyl groups excluding tert-OH is 1. The van der Waals surface area contributed by atoms with E-state index < -0.39 is 30.4 Å². The molecule has 2 nitrogen and oxygen atoms in total. The summed E-state index contributed by atoms with van der Waals surface area (Å²) >= 11 is 0. The first-order valence-electron chi connectivity index (χ1n) is 7.45. The third-order valence-corrected chi connectivity index (χ3v) is 3.62. The van der Waals surface area contributed by atoms with Crippen molar-refractivity contribution in [3.05, 3.63) is 53.7 Å². The van der Waals surface area contributed by atoms with Gasteiger partial charge in [-0.2, -0.15) is 26.3 Å². The van der Waals surface area contributed by atoms with Crippen molar-refractivity contribution in [2.24, 2.45) is 0 Å². The van der Waals surface area contributed by atoms with E-state index in [0.717, 1.165) is 12.1 Å². The minimum atomic E-state index is -4.42. The highest BCUT2D eigenvalue weighted by Gasteiger charge is 2.30. The van der Waals surface area contributed by atoms with Crippen LogP contribution >= 0.6 is 0 Å². The van der Waals surface area contributed by atoms with Crippen LogP contribution in [0.5, 0.6) is 0 Å². The van der Waals surface area contributed by atoms with Gasteiger partial charge in [-0.15, -0.1) is 0 Å². The molecule has 0 aliphatic carbocycles. The molecule has 1 aromatic heterocycles. The molecule has 1 aromatic carbocycles. The van der Waals surface area contributed by atoms with Crippen LogP contribution in [0.3, 0.4) is 0 Å². The second kappa shape index (κ2) is 7.43. The number of halogens is 6. The number of alkyl halides is 6. The maximum absolute atomic E-state index is 12.5. The predicted molar refractivity (Wildman–Crippen MR) is 79.5 cm³/mol. The molecule has 8 heteroatoms. The number of hydrogen-bond acceptors (Lipinski definition) is 2. The Balaban J connectivity index is 2.02. The molecule has 0 aliphatic heterocycles. The minimum absolute atomic E-state index is 0.0547. The van der Waals surface area contributed by atoms with Gasteiger partial charge in [-0.3, -0.25) is 4.98 Å². The summed E-state index contributed by atoms with van der Waals surface area (Å²) in [4.78, 5) is 4.06. The molecule has 136 valence electrons. The Bertz CT molecular complexity index is 676. The molecule has 0 aliphatic rings. The van der Waals surface area contributed by atoms with Crippen molar-refractivity contribution in [1.82, 2.24) is 4.98 Å². The van der Waals surface area contributed by atoms with Gasteiger partial charge in [0.15, 0.2) is 0 Å². The van der Waals surface area contributed by atoms with Crippen molar-refractivity contribution in [2.75, 3.05) is 0 Å². The van der Waals surface area contributed by atoms with Gasteiger partial charge >= 0.3 is 12.4 Å². The average Bonchev–Trinajstić information content (AvgIpc) is 2.53. The Labute approximate surface area is 140 Å². The van der Waals surface area contributed by atoms with Gasteiger partial charge in [-0.1, -0.05) is 18.2 Å². The Kier molecular flexibility index (Phi) is 5.72. The number of aromatic nitrogens is 1. The second-order valence-corrected chi connectivity index (χ2v) is 5.58. The lowest BCUT2D eigenvalue weighted by atomic mass is 10.0. The van der Waals surface area contributed by atoms with E-state index in [1.54, 1.807) is 0 Å². The van der Waals surface area contributed by atoms with Crippen LogP contribution in [0, 0.1) is 0 Å². The summed E-state index contributed by atoms with van der Waals surface area (Å²) in [7, 11) is 0. The second-order valence-electron chi connectivity index (χ2n) is 5.58. The fourth-order valence-electron chi connectivity index (χ4n) is 2.27. The van der Waals surface area contributed by atoms with Crippen molar-refractivity contribution in [3.8, 4) is 11.3 Å². The first-order valence-corrected chi connectivity index (χ1v) is 7.45. The van der Waals surface area contributed by atoms with Gasteiger partial charge in [0.05, 0.1) is 17.4 Å². The molecule has 2 aromatic rings. The summed E-state index contributed by atoms with van der Waals surface area (Å²) in [6, 6.07) is 7.45. The molecule has 0 bridgehead atoms. The smallest absolute Gasteiger partial charge is 0.388 e. The van der Waals surface area contributed by atoms with Crippen LogP contribution in [0.1, 0.15) is 36.5 Å². The van der Waals surface area contributed by atoms with E-state index in [9.17, 15) is 31.4 Å². The summed E-state index contributed by atoms with van der Waals surface area (Å²) in [6.07, 6.45) is -9.67. The molecule has 0 saturated heterocycles. The van der Waals surface area contributed by atoms with Gasteiger partial charge in [0, 0.05) is 18.2 Å². The number of hydrogen-bond donors (Lipinski definition) is 1.